The van der Waals surface area contributed by atoms with E-state index in [0.29, 0.717) is 43.7 Å². The molecule has 0 radical (unpaired) electrons. The molecule has 3 rings (SSSR count). The van der Waals surface area contributed by atoms with Crippen LogP contribution in [0.3, 0.4) is 0 Å². The Morgan fingerprint density at radius 1 is 1.06 bits per heavy atom. The summed E-state index contributed by atoms with van der Waals surface area (Å²) < 4.78 is 33.3. The summed E-state index contributed by atoms with van der Waals surface area (Å²) in [5, 5.41) is 2.89. The first-order valence-electron chi connectivity index (χ1n) is 11.6. The molecule has 0 saturated heterocycles. The Labute approximate surface area is 197 Å². The largest absolute Gasteiger partial charge is 0.492 e. The minimum Gasteiger partial charge on any atom is -0.492 e. The number of hydrogen-bond donors (Lipinski definition) is 1. The number of nitrogens with one attached hydrogen (secondary N) is 1. The van der Waals surface area contributed by atoms with Gasteiger partial charge in [-0.2, -0.15) is 4.31 Å². The Morgan fingerprint density at radius 2 is 1.73 bits per heavy atom. The Bertz CT molecular complexity index is 1050. The highest BCUT2D eigenvalue weighted by Gasteiger charge is 2.31. The van der Waals surface area contributed by atoms with Gasteiger partial charge in [0.2, 0.25) is 15.9 Å². The van der Waals surface area contributed by atoms with Crippen LogP contribution in [0.4, 0.5) is 5.69 Å². The molecule has 0 heterocycles. The third-order valence-corrected chi connectivity index (χ3v) is 7.84. The van der Waals surface area contributed by atoms with E-state index in [0.717, 1.165) is 12.8 Å². The average molecular weight is 474 g/mol. The summed E-state index contributed by atoms with van der Waals surface area (Å²) in [5.74, 6) is 0.130. The molecular weight excluding hydrogens is 438 g/mol. The molecule has 0 atom stereocenters. The van der Waals surface area contributed by atoms with Gasteiger partial charge in [-0.05, 0) is 50.5 Å². The van der Waals surface area contributed by atoms with Crippen LogP contribution in [-0.2, 0) is 21.4 Å². The second kappa shape index (κ2) is 11.1. The second-order valence-electron chi connectivity index (χ2n) is 8.35. The fourth-order valence-electron chi connectivity index (χ4n) is 3.83. The van der Waals surface area contributed by atoms with Gasteiger partial charge >= 0.3 is 0 Å². The number of aryl methyl sites for hydroxylation is 1. The predicted molar refractivity (Wildman–Crippen MR) is 131 cm³/mol. The van der Waals surface area contributed by atoms with E-state index in [2.05, 4.69) is 41.4 Å². The van der Waals surface area contributed by atoms with Crippen LogP contribution in [0, 0.1) is 6.92 Å². The lowest BCUT2D eigenvalue weighted by molar-refractivity contribution is -0.117. The lowest BCUT2D eigenvalue weighted by Crippen LogP contribution is -2.34. The van der Waals surface area contributed by atoms with E-state index < -0.39 is 10.0 Å². The van der Waals surface area contributed by atoms with E-state index >= 15 is 0 Å². The van der Waals surface area contributed by atoms with Crippen LogP contribution in [-0.4, -0.2) is 55.8 Å². The van der Waals surface area contributed by atoms with Crippen molar-refractivity contribution in [3.63, 3.8) is 0 Å². The minimum atomic E-state index is -3.74. The molecule has 180 valence electrons. The van der Waals surface area contributed by atoms with Gasteiger partial charge in [-0.1, -0.05) is 43.7 Å². The van der Waals surface area contributed by atoms with Gasteiger partial charge in [0.15, 0.2) is 0 Å². The topological polar surface area (TPSA) is 79.0 Å². The van der Waals surface area contributed by atoms with Crippen molar-refractivity contribution in [1.29, 1.82) is 0 Å². The van der Waals surface area contributed by atoms with Crippen molar-refractivity contribution >= 4 is 21.6 Å². The smallest absolute Gasteiger partial charge is 0.246 e. The van der Waals surface area contributed by atoms with E-state index in [1.165, 1.54) is 21.5 Å². The summed E-state index contributed by atoms with van der Waals surface area (Å²) in [4.78, 5) is 15.1. The number of amides is 1. The van der Waals surface area contributed by atoms with Crippen molar-refractivity contribution < 1.29 is 17.9 Å². The standard InChI is InChI=1S/C25H35N3O4S/c1-5-28(6-2)33(30,31)24-16-21(12-15-23(24)32-7-3)26-25(29)18-27(22-13-14-22)17-20-10-8-19(4)9-11-20/h8-12,15-16,22H,5-7,13-14,17-18H2,1-4H3,(H,26,29). The SMILES string of the molecule is CCOc1ccc(NC(=O)CN(Cc2ccc(C)cc2)C2CC2)cc1S(=O)(=O)N(CC)CC. The molecule has 1 fully saturated rings. The molecule has 0 unspecified atom stereocenters. The van der Waals surface area contributed by atoms with Crippen molar-refractivity contribution in [3.05, 3.63) is 53.6 Å². The van der Waals surface area contributed by atoms with Crippen LogP contribution in [0.5, 0.6) is 5.75 Å². The number of nitrogens with zero attached hydrogens (tertiary/aromatic N) is 2. The highest BCUT2D eigenvalue weighted by atomic mass is 32.2. The first kappa shape index (κ1) is 25.2. The third-order valence-electron chi connectivity index (χ3n) is 5.77. The maximum atomic E-state index is 13.2. The van der Waals surface area contributed by atoms with Crippen molar-refractivity contribution in [2.24, 2.45) is 0 Å². The van der Waals surface area contributed by atoms with Gasteiger partial charge in [0, 0.05) is 31.4 Å². The molecule has 33 heavy (non-hydrogen) atoms. The Hall–Kier alpha value is -2.42. The van der Waals surface area contributed by atoms with Crippen LogP contribution in [0.25, 0.3) is 0 Å². The molecule has 0 aromatic heterocycles. The Balaban J connectivity index is 1.76. The Morgan fingerprint density at radius 3 is 2.30 bits per heavy atom. The maximum absolute atomic E-state index is 13.2. The summed E-state index contributed by atoms with van der Waals surface area (Å²) >= 11 is 0. The molecule has 8 heteroatoms. The van der Waals surface area contributed by atoms with Crippen LogP contribution < -0.4 is 10.1 Å². The number of sulfonamides is 1. The van der Waals surface area contributed by atoms with Crippen LogP contribution in [0.1, 0.15) is 44.7 Å². The van der Waals surface area contributed by atoms with E-state index in [1.54, 1.807) is 26.0 Å². The molecule has 7 nitrogen and oxygen atoms in total. The van der Waals surface area contributed by atoms with Crippen LogP contribution >= 0.6 is 0 Å². The molecule has 1 amide bonds. The van der Waals surface area contributed by atoms with Gasteiger partial charge < -0.3 is 10.1 Å². The molecule has 1 aliphatic rings. The lowest BCUT2D eigenvalue weighted by Gasteiger charge is -2.23. The van der Waals surface area contributed by atoms with Gasteiger partial charge in [-0.15, -0.1) is 0 Å². The molecule has 1 saturated carbocycles. The summed E-state index contributed by atoms with van der Waals surface area (Å²) in [5.41, 5.74) is 2.83. The van der Waals surface area contributed by atoms with Crippen molar-refractivity contribution in [2.75, 3.05) is 31.6 Å². The zero-order chi connectivity index (χ0) is 24.0. The molecule has 0 spiro atoms. The minimum absolute atomic E-state index is 0.0737. The highest BCUT2D eigenvalue weighted by Crippen LogP contribution is 2.31. The maximum Gasteiger partial charge on any atom is 0.246 e. The fraction of sp³-hybridized carbons (Fsp3) is 0.480. The van der Waals surface area contributed by atoms with Gasteiger partial charge in [0.25, 0.3) is 0 Å². The molecule has 1 aliphatic carbocycles. The number of anilines is 1. The van der Waals surface area contributed by atoms with Crippen molar-refractivity contribution in [2.45, 2.75) is 58.0 Å². The highest BCUT2D eigenvalue weighted by molar-refractivity contribution is 7.89. The fourth-order valence-corrected chi connectivity index (χ4v) is 5.45. The predicted octanol–water partition coefficient (Wildman–Crippen LogP) is 4.03. The molecule has 1 N–H and O–H groups in total. The monoisotopic (exact) mass is 473 g/mol. The van der Waals surface area contributed by atoms with Gasteiger partial charge in [0.05, 0.1) is 13.2 Å². The number of ether oxygens (including phenoxy) is 1. The van der Waals surface area contributed by atoms with Gasteiger partial charge in [-0.25, -0.2) is 8.42 Å². The van der Waals surface area contributed by atoms with E-state index in [1.807, 2.05) is 6.92 Å². The molecular formula is C25H35N3O4S. The van der Waals surface area contributed by atoms with Gasteiger partial charge in [-0.3, -0.25) is 9.69 Å². The lowest BCUT2D eigenvalue weighted by atomic mass is 10.1. The number of carbonyl (C=O) groups excluding carboxylic acids is 1. The summed E-state index contributed by atoms with van der Waals surface area (Å²) in [6, 6.07) is 13.6. The zero-order valence-corrected chi connectivity index (χ0v) is 20.8. The first-order valence-corrected chi connectivity index (χ1v) is 13.1. The van der Waals surface area contributed by atoms with Crippen LogP contribution in [0.2, 0.25) is 0 Å². The molecule has 0 bridgehead atoms. The summed E-state index contributed by atoms with van der Waals surface area (Å²) in [6.07, 6.45) is 2.18. The van der Waals surface area contributed by atoms with Gasteiger partial charge in [0.1, 0.15) is 10.6 Å². The summed E-state index contributed by atoms with van der Waals surface area (Å²) in [7, 11) is -3.74. The second-order valence-corrected chi connectivity index (χ2v) is 10.3. The number of rotatable bonds is 12. The Kier molecular flexibility index (Phi) is 8.51. The average Bonchev–Trinajstić information content (AvgIpc) is 3.62. The molecule has 0 aliphatic heterocycles. The van der Waals surface area contributed by atoms with Crippen LogP contribution in [0.15, 0.2) is 47.4 Å². The van der Waals surface area contributed by atoms with E-state index in [4.69, 9.17) is 4.74 Å². The van der Waals surface area contributed by atoms with E-state index in [-0.39, 0.29) is 17.3 Å². The number of benzene rings is 2. The van der Waals surface area contributed by atoms with E-state index in [9.17, 15) is 13.2 Å². The molecule has 2 aromatic carbocycles. The van der Waals surface area contributed by atoms with Crippen molar-refractivity contribution in [1.82, 2.24) is 9.21 Å². The number of carbonyl (C=O) groups is 1. The quantitative estimate of drug-likeness (QED) is 0.504. The number of hydrogen-bond acceptors (Lipinski definition) is 5. The zero-order valence-electron chi connectivity index (χ0n) is 20.0. The first-order chi connectivity index (χ1) is 15.8. The summed E-state index contributed by atoms with van der Waals surface area (Å²) in [6.45, 7) is 9.49. The normalized spacial score (nSPS) is 14.0. The third kappa shape index (κ3) is 6.56. The molecule has 2 aromatic rings. The van der Waals surface area contributed by atoms with Crippen molar-refractivity contribution in [3.8, 4) is 5.75 Å².